The Hall–Kier alpha value is -1.14. The van der Waals surface area contributed by atoms with Crippen LogP contribution in [0.1, 0.15) is 6.42 Å². The molecule has 3 amide bonds. The zero-order chi connectivity index (χ0) is 12.0. The molecule has 0 aromatic rings. The smallest absolute Gasteiger partial charge is 0.321 e. The van der Waals surface area contributed by atoms with Gasteiger partial charge in [-0.2, -0.15) is 0 Å². The molecule has 1 atom stereocenters. The largest absolute Gasteiger partial charge is 0.341 e. The predicted molar refractivity (Wildman–Crippen MR) is 61.1 cm³/mol. The van der Waals surface area contributed by atoms with Gasteiger partial charge < -0.3 is 10.6 Å². The van der Waals surface area contributed by atoms with Crippen molar-refractivity contribution in [3.05, 3.63) is 0 Å². The van der Waals surface area contributed by atoms with E-state index in [1.807, 2.05) is 7.05 Å². The van der Waals surface area contributed by atoms with Gasteiger partial charge in [-0.1, -0.05) is 0 Å². The Morgan fingerprint density at radius 1 is 1.38 bits per heavy atom. The lowest BCUT2D eigenvalue weighted by atomic mass is 10.1. The molecule has 1 aliphatic heterocycles. The van der Waals surface area contributed by atoms with Crippen LogP contribution in [0.5, 0.6) is 0 Å². The number of imide groups is 1. The summed E-state index contributed by atoms with van der Waals surface area (Å²) in [6.07, 6.45) is 1.11. The highest BCUT2D eigenvalue weighted by Gasteiger charge is 2.23. The normalized spacial score (nSPS) is 20.8. The van der Waals surface area contributed by atoms with Crippen LogP contribution in [0.3, 0.4) is 0 Å². The first-order chi connectivity index (χ1) is 7.65. The van der Waals surface area contributed by atoms with Gasteiger partial charge >= 0.3 is 6.03 Å². The third-order valence-corrected chi connectivity index (χ3v) is 2.71. The lowest BCUT2D eigenvalue weighted by molar-refractivity contribution is -0.120. The van der Waals surface area contributed by atoms with Crippen molar-refractivity contribution in [3.8, 4) is 0 Å². The molecule has 0 bridgehead atoms. The van der Waals surface area contributed by atoms with Crippen LogP contribution in [0, 0.1) is 5.92 Å². The van der Waals surface area contributed by atoms with Crippen molar-refractivity contribution in [3.63, 3.8) is 0 Å². The Labute approximate surface area is 95.8 Å². The van der Waals surface area contributed by atoms with Crippen LogP contribution >= 0.6 is 0 Å². The average Bonchev–Trinajstić information content (AvgIpc) is 2.65. The Morgan fingerprint density at radius 2 is 2.12 bits per heavy atom. The van der Waals surface area contributed by atoms with Gasteiger partial charge in [-0.3, -0.25) is 15.0 Å². The number of carbonyl (C=O) groups is 2. The molecule has 6 heteroatoms. The molecule has 1 saturated heterocycles. The highest BCUT2D eigenvalue weighted by molar-refractivity contribution is 5.95. The lowest BCUT2D eigenvalue weighted by Gasteiger charge is -2.15. The van der Waals surface area contributed by atoms with E-state index in [0.29, 0.717) is 12.5 Å². The molecule has 3 N–H and O–H groups in total. The molecule has 1 unspecified atom stereocenters. The van der Waals surface area contributed by atoms with Gasteiger partial charge in [-0.05, 0) is 32.5 Å². The van der Waals surface area contributed by atoms with Crippen molar-refractivity contribution in [2.75, 3.05) is 40.3 Å². The summed E-state index contributed by atoms with van der Waals surface area (Å²) >= 11 is 0. The number of amides is 3. The highest BCUT2D eigenvalue weighted by Crippen LogP contribution is 2.14. The first kappa shape index (κ1) is 12.9. The molecule has 0 radical (unpaired) electrons. The van der Waals surface area contributed by atoms with Gasteiger partial charge in [-0.15, -0.1) is 0 Å². The average molecular weight is 228 g/mol. The first-order valence-corrected chi connectivity index (χ1v) is 5.54. The highest BCUT2D eigenvalue weighted by atomic mass is 16.2. The minimum absolute atomic E-state index is 0.246. The first-order valence-electron chi connectivity index (χ1n) is 5.54. The van der Waals surface area contributed by atoms with Crippen LogP contribution < -0.4 is 16.0 Å². The molecule has 1 fully saturated rings. The molecule has 0 aromatic carbocycles. The van der Waals surface area contributed by atoms with E-state index in [9.17, 15) is 9.59 Å². The van der Waals surface area contributed by atoms with E-state index in [-0.39, 0.29) is 5.91 Å². The summed E-state index contributed by atoms with van der Waals surface area (Å²) in [6.45, 7) is 3.12. The van der Waals surface area contributed by atoms with Crippen LogP contribution in [-0.2, 0) is 4.79 Å². The third-order valence-electron chi connectivity index (χ3n) is 2.71. The number of rotatable bonds is 4. The van der Waals surface area contributed by atoms with Gasteiger partial charge in [0, 0.05) is 13.6 Å². The Bertz CT molecular complexity index is 257. The Morgan fingerprint density at radius 3 is 2.75 bits per heavy atom. The molecule has 0 saturated carbocycles. The van der Waals surface area contributed by atoms with Crippen molar-refractivity contribution >= 4 is 11.9 Å². The summed E-state index contributed by atoms with van der Waals surface area (Å²) in [7, 11) is 3.42. The van der Waals surface area contributed by atoms with Crippen LogP contribution in [0.2, 0.25) is 0 Å². The van der Waals surface area contributed by atoms with Crippen LogP contribution in [0.25, 0.3) is 0 Å². The molecular weight excluding hydrogens is 208 g/mol. The second-order valence-corrected chi connectivity index (χ2v) is 4.07. The summed E-state index contributed by atoms with van der Waals surface area (Å²) in [4.78, 5) is 24.4. The van der Waals surface area contributed by atoms with E-state index in [0.717, 1.165) is 26.1 Å². The number of urea groups is 1. The summed E-state index contributed by atoms with van der Waals surface area (Å²) in [5.41, 5.74) is 0. The molecule has 1 rings (SSSR count). The molecule has 0 aliphatic carbocycles. The van der Waals surface area contributed by atoms with Crippen LogP contribution in [0.4, 0.5) is 4.79 Å². The summed E-state index contributed by atoms with van der Waals surface area (Å²) in [6, 6.07) is -0.448. The van der Waals surface area contributed by atoms with Crippen LogP contribution in [0.15, 0.2) is 0 Å². The second kappa shape index (κ2) is 6.44. The van der Waals surface area contributed by atoms with Crippen molar-refractivity contribution in [2.45, 2.75) is 6.42 Å². The standard InChI is InChI=1S/C10H20N4O2/c1-11-5-8-3-4-14(6-8)7-9(15)13-10(16)12-2/h8,11H,3-7H2,1-2H3,(H2,12,13,15,16). The maximum absolute atomic E-state index is 11.4. The summed E-state index contributed by atoms with van der Waals surface area (Å²) < 4.78 is 0. The van der Waals surface area contributed by atoms with Gasteiger partial charge in [0.2, 0.25) is 5.91 Å². The van der Waals surface area contributed by atoms with Crippen LogP contribution in [-0.4, -0.2) is 57.1 Å². The molecule has 1 aliphatic rings. The van der Waals surface area contributed by atoms with Gasteiger partial charge in [0.05, 0.1) is 6.54 Å². The predicted octanol–water partition coefficient (Wildman–Crippen LogP) is -1.02. The fourth-order valence-corrected chi connectivity index (χ4v) is 1.94. The number of nitrogens with zero attached hydrogens (tertiary/aromatic N) is 1. The fraction of sp³-hybridized carbons (Fsp3) is 0.800. The number of carbonyl (C=O) groups excluding carboxylic acids is 2. The van der Waals surface area contributed by atoms with E-state index >= 15 is 0 Å². The van der Waals surface area contributed by atoms with Crippen molar-refractivity contribution in [1.29, 1.82) is 0 Å². The summed E-state index contributed by atoms with van der Waals surface area (Å²) in [5, 5.41) is 7.74. The lowest BCUT2D eigenvalue weighted by Crippen LogP contribution is -2.43. The van der Waals surface area contributed by atoms with Gasteiger partial charge in [0.15, 0.2) is 0 Å². The number of nitrogens with one attached hydrogen (secondary N) is 3. The van der Waals surface area contributed by atoms with Gasteiger partial charge in [0.1, 0.15) is 0 Å². The quantitative estimate of drug-likeness (QED) is 0.576. The maximum Gasteiger partial charge on any atom is 0.321 e. The number of likely N-dealkylation sites (tertiary alicyclic amines) is 1. The van der Waals surface area contributed by atoms with E-state index in [1.165, 1.54) is 7.05 Å². The minimum atomic E-state index is -0.448. The van der Waals surface area contributed by atoms with Crippen molar-refractivity contribution in [2.24, 2.45) is 5.92 Å². The zero-order valence-electron chi connectivity index (χ0n) is 9.88. The maximum atomic E-state index is 11.4. The monoisotopic (exact) mass is 228 g/mol. The minimum Gasteiger partial charge on any atom is -0.341 e. The van der Waals surface area contributed by atoms with E-state index < -0.39 is 6.03 Å². The topological polar surface area (TPSA) is 73.5 Å². The van der Waals surface area contributed by atoms with Gasteiger partial charge in [0.25, 0.3) is 0 Å². The van der Waals surface area contributed by atoms with E-state index in [1.54, 1.807) is 0 Å². The SMILES string of the molecule is CNCC1CCN(CC(=O)NC(=O)NC)C1. The fourth-order valence-electron chi connectivity index (χ4n) is 1.94. The van der Waals surface area contributed by atoms with E-state index in [4.69, 9.17) is 0 Å². The molecule has 0 aromatic heterocycles. The van der Waals surface area contributed by atoms with Crippen molar-refractivity contribution < 1.29 is 9.59 Å². The summed E-state index contributed by atoms with van der Waals surface area (Å²) in [5.74, 6) is 0.363. The zero-order valence-corrected chi connectivity index (χ0v) is 9.88. The third kappa shape index (κ3) is 4.16. The van der Waals surface area contributed by atoms with E-state index in [2.05, 4.69) is 20.9 Å². The molecule has 92 valence electrons. The van der Waals surface area contributed by atoms with Crippen molar-refractivity contribution in [1.82, 2.24) is 20.9 Å². The van der Waals surface area contributed by atoms with Gasteiger partial charge in [-0.25, -0.2) is 4.79 Å². The number of hydrogen-bond donors (Lipinski definition) is 3. The second-order valence-electron chi connectivity index (χ2n) is 4.07. The molecular formula is C10H20N4O2. The number of hydrogen-bond acceptors (Lipinski definition) is 4. The molecule has 6 nitrogen and oxygen atoms in total. The molecule has 16 heavy (non-hydrogen) atoms. The Balaban J connectivity index is 2.23. The molecule has 0 spiro atoms. The molecule has 1 heterocycles. The Kier molecular flexibility index (Phi) is 5.21.